The molecule has 4 heteroatoms. The molecular weight excluding hydrogens is 198 g/mol. The predicted molar refractivity (Wildman–Crippen MR) is 57.2 cm³/mol. The minimum absolute atomic E-state index is 0.696. The molecule has 0 atom stereocenters. The monoisotopic (exact) mass is 211 g/mol. The van der Waals surface area contributed by atoms with Crippen LogP contribution in [0.3, 0.4) is 0 Å². The predicted octanol–water partition coefficient (Wildman–Crippen LogP) is 2.18. The van der Waals surface area contributed by atoms with Crippen LogP contribution in [0.2, 0.25) is 0 Å². The molecule has 0 saturated heterocycles. The summed E-state index contributed by atoms with van der Waals surface area (Å²) in [7, 11) is 0. The van der Waals surface area contributed by atoms with Crippen LogP contribution in [0.25, 0.3) is 0 Å². The maximum atomic E-state index is 10.8. The third kappa shape index (κ3) is 3.03. The number of carboxylic acids is 1. The number of aromatic nitrogens is 1. The van der Waals surface area contributed by atoms with Crippen LogP contribution >= 0.6 is 11.8 Å². The molecule has 0 radical (unpaired) electrons. The largest absolute Gasteiger partial charge is 0.480 e. The van der Waals surface area contributed by atoms with Crippen LogP contribution in [0.15, 0.2) is 24.5 Å². The molecule has 0 aliphatic rings. The Balaban J connectivity index is 2.53. The van der Waals surface area contributed by atoms with E-state index in [1.165, 1.54) is 11.8 Å². The first-order valence-corrected chi connectivity index (χ1v) is 5.27. The molecular formula is C10H13NO2S. The number of pyridine rings is 1. The van der Waals surface area contributed by atoms with Gasteiger partial charge in [-0.3, -0.25) is 9.78 Å². The van der Waals surface area contributed by atoms with Crippen molar-refractivity contribution in [3.63, 3.8) is 0 Å². The van der Waals surface area contributed by atoms with E-state index in [4.69, 9.17) is 5.11 Å². The molecule has 1 aromatic rings. The standard InChI is InChI=1S/C10H13NO2S/c1-10(2,9(12)13)14-7-8-3-5-11-6-4-8/h3-6H,7H2,1-2H3,(H,12,13). The average Bonchev–Trinajstić information content (AvgIpc) is 2.16. The van der Waals surface area contributed by atoms with Crippen LogP contribution in [0, 0.1) is 0 Å². The number of nitrogens with zero attached hydrogens (tertiary/aromatic N) is 1. The molecule has 0 unspecified atom stereocenters. The van der Waals surface area contributed by atoms with Crippen molar-refractivity contribution in [2.75, 3.05) is 0 Å². The van der Waals surface area contributed by atoms with E-state index >= 15 is 0 Å². The first-order valence-electron chi connectivity index (χ1n) is 4.28. The highest BCUT2D eigenvalue weighted by molar-refractivity contribution is 8.00. The lowest BCUT2D eigenvalue weighted by Gasteiger charge is -2.17. The number of rotatable bonds is 4. The third-order valence-electron chi connectivity index (χ3n) is 1.86. The van der Waals surface area contributed by atoms with E-state index in [9.17, 15) is 4.79 Å². The Hall–Kier alpha value is -1.03. The van der Waals surface area contributed by atoms with E-state index in [0.717, 1.165) is 5.56 Å². The SMILES string of the molecule is CC(C)(SCc1ccncc1)C(=O)O. The fraction of sp³-hybridized carbons (Fsp3) is 0.400. The number of aliphatic carboxylic acids is 1. The van der Waals surface area contributed by atoms with Crippen molar-refractivity contribution in [3.8, 4) is 0 Å². The lowest BCUT2D eigenvalue weighted by Crippen LogP contribution is -2.27. The molecule has 0 amide bonds. The zero-order valence-corrected chi connectivity index (χ0v) is 9.04. The number of carbonyl (C=O) groups is 1. The molecule has 0 fully saturated rings. The minimum Gasteiger partial charge on any atom is -0.480 e. The maximum Gasteiger partial charge on any atom is 0.319 e. The van der Waals surface area contributed by atoms with Crippen molar-refractivity contribution in [3.05, 3.63) is 30.1 Å². The van der Waals surface area contributed by atoms with Crippen LogP contribution in [-0.4, -0.2) is 20.8 Å². The summed E-state index contributed by atoms with van der Waals surface area (Å²) in [5.41, 5.74) is 1.10. The molecule has 14 heavy (non-hydrogen) atoms. The van der Waals surface area contributed by atoms with Gasteiger partial charge in [0.25, 0.3) is 0 Å². The van der Waals surface area contributed by atoms with Gasteiger partial charge in [-0.05, 0) is 31.5 Å². The highest BCUT2D eigenvalue weighted by Crippen LogP contribution is 2.27. The van der Waals surface area contributed by atoms with Crippen molar-refractivity contribution < 1.29 is 9.90 Å². The van der Waals surface area contributed by atoms with Gasteiger partial charge in [-0.2, -0.15) is 0 Å². The zero-order valence-electron chi connectivity index (χ0n) is 8.23. The van der Waals surface area contributed by atoms with Gasteiger partial charge < -0.3 is 5.11 Å². The second-order valence-electron chi connectivity index (χ2n) is 3.46. The summed E-state index contributed by atoms with van der Waals surface area (Å²) in [6.45, 7) is 3.42. The van der Waals surface area contributed by atoms with Crippen LogP contribution in [0.4, 0.5) is 0 Å². The molecule has 0 bridgehead atoms. The quantitative estimate of drug-likeness (QED) is 0.829. The Bertz CT molecular complexity index is 311. The van der Waals surface area contributed by atoms with Crippen LogP contribution in [0.5, 0.6) is 0 Å². The number of hydrogen-bond acceptors (Lipinski definition) is 3. The molecule has 0 spiro atoms. The van der Waals surface area contributed by atoms with Crippen molar-refractivity contribution >= 4 is 17.7 Å². The molecule has 1 aromatic heterocycles. The van der Waals surface area contributed by atoms with Gasteiger partial charge in [0.05, 0.1) is 0 Å². The highest BCUT2D eigenvalue weighted by Gasteiger charge is 2.27. The summed E-state index contributed by atoms with van der Waals surface area (Å²) in [6.07, 6.45) is 3.42. The van der Waals surface area contributed by atoms with Gasteiger partial charge in [0, 0.05) is 18.1 Å². The van der Waals surface area contributed by atoms with Gasteiger partial charge in [-0.1, -0.05) is 0 Å². The summed E-state index contributed by atoms with van der Waals surface area (Å²) in [6, 6.07) is 3.79. The smallest absolute Gasteiger partial charge is 0.319 e. The van der Waals surface area contributed by atoms with Crippen LogP contribution in [-0.2, 0) is 10.5 Å². The summed E-state index contributed by atoms with van der Waals surface area (Å²) in [4.78, 5) is 14.7. The molecule has 0 aromatic carbocycles. The van der Waals surface area contributed by atoms with Crippen molar-refractivity contribution in [1.29, 1.82) is 0 Å². The lowest BCUT2D eigenvalue weighted by atomic mass is 10.2. The molecule has 3 nitrogen and oxygen atoms in total. The van der Waals surface area contributed by atoms with E-state index in [-0.39, 0.29) is 0 Å². The van der Waals surface area contributed by atoms with Gasteiger partial charge in [0.15, 0.2) is 0 Å². The summed E-state index contributed by atoms with van der Waals surface area (Å²) < 4.78 is -0.733. The molecule has 0 aliphatic heterocycles. The second kappa shape index (κ2) is 4.46. The highest BCUT2D eigenvalue weighted by atomic mass is 32.2. The van der Waals surface area contributed by atoms with E-state index in [2.05, 4.69) is 4.98 Å². The molecule has 1 rings (SSSR count). The minimum atomic E-state index is -0.781. The summed E-state index contributed by atoms with van der Waals surface area (Å²) in [5.74, 6) is -0.0847. The molecule has 1 heterocycles. The third-order valence-corrected chi connectivity index (χ3v) is 3.24. The fourth-order valence-corrected chi connectivity index (χ4v) is 1.65. The van der Waals surface area contributed by atoms with E-state index in [1.807, 2.05) is 12.1 Å². The normalized spacial score (nSPS) is 11.3. The number of hydrogen-bond donors (Lipinski definition) is 1. The summed E-state index contributed by atoms with van der Waals surface area (Å²) in [5, 5.41) is 8.89. The van der Waals surface area contributed by atoms with Gasteiger partial charge in [0.2, 0.25) is 0 Å². The maximum absolute atomic E-state index is 10.8. The molecule has 76 valence electrons. The Labute approximate surface area is 87.6 Å². The Morgan fingerprint density at radius 2 is 2.07 bits per heavy atom. The topological polar surface area (TPSA) is 50.2 Å². The number of carboxylic acid groups (broad SMARTS) is 1. The van der Waals surface area contributed by atoms with Gasteiger partial charge in [-0.25, -0.2) is 0 Å². The van der Waals surface area contributed by atoms with Crippen LogP contribution in [0.1, 0.15) is 19.4 Å². The van der Waals surface area contributed by atoms with Gasteiger partial charge in [0.1, 0.15) is 4.75 Å². The number of thioether (sulfide) groups is 1. The van der Waals surface area contributed by atoms with Crippen molar-refractivity contribution in [1.82, 2.24) is 4.98 Å². The zero-order chi connectivity index (χ0) is 10.6. The Morgan fingerprint density at radius 3 is 2.57 bits per heavy atom. The Morgan fingerprint density at radius 1 is 1.50 bits per heavy atom. The van der Waals surface area contributed by atoms with E-state index < -0.39 is 10.7 Å². The fourth-order valence-electron chi connectivity index (χ4n) is 0.805. The van der Waals surface area contributed by atoms with E-state index in [1.54, 1.807) is 26.2 Å². The first kappa shape index (κ1) is 11.0. The average molecular weight is 211 g/mol. The van der Waals surface area contributed by atoms with Crippen molar-refractivity contribution in [2.45, 2.75) is 24.3 Å². The Kier molecular flexibility index (Phi) is 3.52. The first-order chi connectivity index (χ1) is 6.52. The van der Waals surface area contributed by atoms with Crippen molar-refractivity contribution in [2.24, 2.45) is 0 Å². The molecule has 0 aliphatic carbocycles. The summed E-state index contributed by atoms with van der Waals surface area (Å²) >= 11 is 1.41. The lowest BCUT2D eigenvalue weighted by molar-refractivity contribution is -0.138. The molecule has 1 N–H and O–H groups in total. The van der Waals surface area contributed by atoms with Crippen LogP contribution < -0.4 is 0 Å². The second-order valence-corrected chi connectivity index (χ2v) is 5.06. The van der Waals surface area contributed by atoms with E-state index in [0.29, 0.717) is 5.75 Å². The van der Waals surface area contributed by atoms with Gasteiger partial charge in [-0.15, -0.1) is 11.8 Å². The molecule has 0 saturated carbocycles. The van der Waals surface area contributed by atoms with Gasteiger partial charge >= 0.3 is 5.97 Å².